The number of hydrogen-bond donors (Lipinski definition) is 2. The molecule has 1 fully saturated rings. The summed E-state index contributed by atoms with van der Waals surface area (Å²) in [7, 11) is 0. The maximum absolute atomic E-state index is 12.8. The Bertz CT molecular complexity index is 1310. The van der Waals surface area contributed by atoms with Crippen molar-refractivity contribution in [2.45, 2.75) is 13.1 Å². The van der Waals surface area contributed by atoms with Crippen molar-refractivity contribution in [3.05, 3.63) is 71.2 Å². The molecule has 0 spiro atoms. The number of carbonyl (C=O) groups is 1. The smallest absolute Gasteiger partial charge is 0.379 e. The number of aromatic nitrogens is 3. The van der Waals surface area contributed by atoms with Gasteiger partial charge in [0, 0.05) is 37.4 Å². The molecule has 1 aliphatic rings. The molecule has 8 nitrogen and oxygen atoms in total. The van der Waals surface area contributed by atoms with Gasteiger partial charge >= 0.3 is 6.18 Å². The van der Waals surface area contributed by atoms with E-state index in [1.54, 1.807) is 6.20 Å². The molecule has 0 unspecified atom stereocenters. The number of aromatic amines is 1. The van der Waals surface area contributed by atoms with Gasteiger partial charge < -0.3 is 10.1 Å². The van der Waals surface area contributed by atoms with E-state index in [1.165, 1.54) is 0 Å². The number of nitrogens with zero attached hydrogens (tertiary/aromatic N) is 4. The zero-order valence-corrected chi connectivity index (χ0v) is 19.6. The molecule has 1 aliphatic heterocycles. The number of pyridine rings is 1. The maximum Gasteiger partial charge on any atom is 0.417 e. The van der Waals surface area contributed by atoms with Crippen molar-refractivity contribution < 1.29 is 22.7 Å². The fourth-order valence-corrected chi connectivity index (χ4v) is 3.86. The largest absolute Gasteiger partial charge is 0.417 e. The first-order chi connectivity index (χ1) is 17.2. The van der Waals surface area contributed by atoms with Gasteiger partial charge in [-0.25, -0.2) is 4.98 Å². The summed E-state index contributed by atoms with van der Waals surface area (Å²) in [6, 6.07) is 7.54. The van der Waals surface area contributed by atoms with Gasteiger partial charge in [-0.3, -0.25) is 19.8 Å². The Morgan fingerprint density at radius 3 is 2.72 bits per heavy atom. The number of allylic oxidation sites excluding steroid dienone is 1. The van der Waals surface area contributed by atoms with Crippen LogP contribution < -0.4 is 5.32 Å². The van der Waals surface area contributed by atoms with Gasteiger partial charge in [-0.05, 0) is 54.6 Å². The fourth-order valence-electron chi connectivity index (χ4n) is 3.86. The van der Waals surface area contributed by atoms with E-state index in [-0.39, 0.29) is 11.5 Å². The Morgan fingerprint density at radius 1 is 1.28 bits per heavy atom. The van der Waals surface area contributed by atoms with Crippen LogP contribution in [0.4, 0.5) is 19.0 Å². The number of anilines is 1. The first-order valence-electron chi connectivity index (χ1n) is 11.2. The van der Waals surface area contributed by atoms with Crippen LogP contribution in [0.1, 0.15) is 28.5 Å². The van der Waals surface area contributed by atoms with Gasteiger partial charge in [0.1, 0.15) is 5.82 Å². The molecule has 0 saturated carbocycles. The van der Waals surface area contributed by atoms with E-state index in [0.717, 1.165) is 41.9 Å². The normalized spacial score (nSPS) is 15.8. The third kappa shape index (κ3) is 6.04. The van der Waals surface area contributed by atoms with Crippen LogP contribution >= 0.6 is 0 Å². The second kappa shape index (κ2) is 10.8. The number of amides is 1. The van der Waals surface area contributed by atoms with Gasteiger partial charge in [-0.1, -0.05) is 12.1 Å². The van der Waals surface area contributed by atoms with Gasteiger partial charge in [0.25, 0.3) is 5.91 Å². The van der Waals surface area contributed by atoms with Crippen molar-refractivity contribution >= 4 is 34.9 Å². The summed E-state index contributed by atoms with van der Waals surface area (Å²) in [4.78, 5) is 22.7. The number of morpholine rings is 1. The number of nitrogens with one attached hydrogen (secondary N) is 2. The number of H-pyrrole nitrogens is 1. The summed E-state index contributed by atoms with van der Waals surface area (Å²) >= 11 is 0. The number of ether oxygens (including phenoxy) is 1. The van der Waals surface area contributed by atoms with Crippen LogP contribution in [0.15, 0.2) is 59.4 Å². The minimum Gasteiger partial charge on any atom is -0.379 e. The number of hydrogen-bond acceptors (Lipinski definition) is 6. The van der Waals surface area contributed by atoms with Gasteiger partial charge in [0.2, 0.25) is 0 Å². The summed E-state index contributed by atoms with van der Waals surface area (Å²) in [5.74, 6) is -0.595. The lowest BCUT2D eigenvalue weighted by molar-refractivity contribution is -0.137. The zero-order chi connectivity index (χ0) is 25.7. The number of rotatable bonds is 7. The third-order valence-corrected chi connectivity index (χ3v) is 5.73. The third-order valence-electron chi connectivity index (χ3n) is 5.73. The van der Waals surface area contributed by atoms with E-state index in [4.69, 9.17) is 4.74 Å². The Labute approximate surface area is 205 Å². The Kier molecular flexibility index (Phi) is 7.61. The first kappa shape index (κ1) is 25.3. The van der Waals surface area contributed by atoms with E-state index in [1.807, 2.05) is 31.2 Å². The van der Waals surface area contributed by atoms with E-state index < -0.39 is 17.6 Å². The summed E-state index contributed by atoms with van der Waals surface area (Å²) in [6.45, 7) is 9.32. The van der Waals surface area contributed by atoms with Gasteiger partial charge in [0.15, 0.2) is 5.69 Å². The van der Waals surface area contributed by atoms with Crippen molar-refractivity contribution in [1.82, 2.24) is 20.1 Å². The van der Waals surface area contributed by atoms with Crippen molar-refractivity contribution in [2.75, 3.05) is 38.2 Å². The monoisotopic (exact) mass is 498 g/mol. The quantitative estimate of drug-likeness (QED) is 0.368. The highest BCUT2D eigenvalue weighted by molar-refractivity contribution is 6.11. The standard InChI is InChI=1S/C25H25F3N6O2/c1-16(11-17(13-29-2)15-34-7-9-36-10-8-34)18-3-5-21-20(12-18)23(33-32-21)24(35)31-22-6-4-19(14-30-22)25(26,27)28/h3-6,11-14H,2,7-10,15H2,1H3,(H,32,33)(H,30,31,35)/b16-11+,17-13+. The van der Waals surface area contributed by atoms with Crippen LogP contribution in [0.25, 0.3) is 16.5 Å². The molecule has 1 saturated heterocycles. The SMILES string of the molecule is C=N/C=C(\C=C(/C)c1ccc2[nH]nc(C(=O)Nc3ccc(C(F)(F)F)cn3)c2c1)CN1CCOCC1. The van der Waals surface area contributed by atoms with E-state index in [9.17, 15) is 18.0 Å². The van der Waals surface area contributed by atoms with Crippen LogP contribution in [0, 0.1) is 0 Å². The van der Waals surface area contributed by atoms with Gasteiger partial charge in [0.05, 0.1) is 24.3 Å². The van der Waals surface area contributed by atoms with Crippen LogP contribution in [0.5, 0.6) is 0 Å². The van der Waals surface area contributed by atoms with E-state index >= 15 is 0 Å². The lowest BCUT2D eigenvalue weighted by Gasteiger charge is -2.26. The second-order valence-corrected chi connectivity index (χ2v) is 8.32. The van der Waals surface area contributed by atoms with Crippen molar-refractivity contribution in [3.8, 4) is 0 Å². The maximum atomic E-state index is 12.8. The molecule has 4 rings (SSSR count). The molecule has 3 heterocycles. The molecule has 1 amide bonds. The highest BCUT2D eigenvalue weighted by Gasteiger charge is 2.30. The summed E-state index contributed by atoms with van der Waals surface area (Å²) in [6.07, 6.45) is -0.0815. The fraction of sp³-hybridized carbons (Fsp3) is 0.280. The molecule has 0 atom stereocenters. The number of fused-ring (bicyclic) bond motifs is 1. The van der Waals surface area contributed by atoms with Crippen molar-refractivity contribution in [1.29, 1.82) is 0 Å². The molecule has 3 aromatic rings. The molecule has 0 aliphatic carbocycles. The molecule has 36 heavy (non-hydrogen) atoms. The lowest BCUT2D eigenvalue weighted by atomic mass is 10.0. The summed E-state index contributed by atoms with van der Waals surface area (Å²) in [5.41, 5.74) is 2.68. The predicted molar refractivity (Wildman–Crippen MR) is 132 cm³/mol. The van der Waals surface area contributed by atoms with Crippen LogP contribution in [0.2, 0.25) is 0 Å². The summed E-state index contributed by atoms with van der Waals surface area (Å²) in [5, 5.41) is 9.99. The average Bonchev–Trinajstić information content (AvgIpc) is 3.28. The molecule has 11 heteroatoms. The number of carbonyl (C=O) groups excluding carboxylic acids is 1. The van der Waals surface area contributed by atoms with Gasteiger partial charge in [-0.2, -0.15) is 18.3 Å². The molecule has 2 N–H and O–H groups in total. The molecule has 188 valence electrons. The molecule has 1 aromatic carbocycles. The lowest BCUT2D eigenvalue weighted by Crippen LogP contribution is -2.37. The van der Waals surface area contributed by atoms with E-state index in [2.05, 4.69) is 37.1 Å². The highest BCUT2D eigenvalue weighted by Crippen LogP contribution is 2.29. The Hall–Kier alpha value is -3.83. The van der Waals surface area contributed by atoms with E-state index in [0.29, 0.717) is 36.9 Å². The minimum atomic E-state index is -4.51. The number of benzene rings is 1. The van der Waals surface area contributed by atoms with Gasteiger partial charge in [-0.15, -0.1) is 0 Å². The zero-order valence-electron chi connectivity index (χ0n) is 19.6. The molecule has 2 aromatic heterocycles. The molecule has 0 bridgehead atoms. The van der Waals surface area contributed by atoms with Crippen LogP contribution in [0.3, 0.4) is 0 Å². The first-order valence-corrected chi connectivity index (χ1v) is 11.2. The number of halogens is 3. The summed E-state index contributed by atoms with van der Waals surface area (Å²) < 4.78 is 43.7. The topological polar surface area (TPSA) is 95.5 Å². The van der Waals surface area contributed by atoms with Crippen molar-refractivity contribution in [3.63, 3.8) is 0 Å². The Morgan fingerprint density at radius 2 is 2.06 bits per heavy atom. The van der Waals surface area contributed by atoms with Crippen LogP contribution in [-0.4, -0.2) is 65.6 Å². The predicted octanol–water partition coefficient (Wildman–Crippen LogP) is 4.55. The Balaban J connectivity index is 1.54. The minimum absolute atomic E-state index is 0.00815. The van der Waals surface area contributed by atoms with Crippen LogP contribution in [-0.2, 0) is 10.9 Å². The average molecular weight is 499 g/mol. The number of aliphatic imine (C=N–C) groups is 1. The number of alkyl halides is 3. The molecular weight excluding hydrogens is 473 g/mol. The molecule has 0 radical (unpaired) electrons. The second-order valence-electron chi connectivity index (χ2n) is 8.32. The highest BCUT2D eigenvalue weighted by atomic mass is 19.4. The molecular formula is C25H25F3N6O2. The van der Waals surface area contributed by atoms with Crippen molar-refractivity contribution in [2.24, 2.45) is 4.99 Å².